The Kier molecular flexibility index (Phi) is 5.55. The first-order valence-corrected chi connectivity index (χ1v) is 7.01. The molecule has 1 aromatic carbocycles. The molecule has 1 aliphatic heterocycles. The summed E-state index contributed by atoms with van der Waals surface area (Å²) in [5.74, 6) is -1.08. The highest BCUT2D eigenvalue weighted by molar-refractivity contribution is 6.30. The molecule has 1 aromatic rings. The number of morpholine rings is 1. The van der Waals surface area contributed by atoms with Crippen LogP contribution < -0.4 is 5.32 Å². The van der Waals surface area contributed by atoms with Crippen molar-refractivity contribution in [3.63, 3.8) is 0 Å². The maximum atomic E-state index is 12.0. The molecule has 21 heavy (non-hydrogen) atoms. The van der Waals surface area contributed by atoms with E-state index in [1.807, 2.05) is 4.90 Å². The first kappa shape index (κ1) is 15.8. The van der Waals surface area contributed by atoms with Crippen molar-refractivity contribution in [1.82, 2.24) is 4.90 Å². The molecule has 1 heterocycles. The Hall–Kier alpha value is -1.63. The minimum atomic E-state index is -0.895. The molecule has 0 spiro atoms. The normalized spacial score (nSPS) is 19.2. The number of anilines is 1. The van der Waals surface area contributed by atoms with Gasteiger partial charge in [0.2, 0.25) is 5.91 Å². The fourth-order valence-corrected chi connectivity index (χ4v) is 2.33. The van der Waals surface area contributed by atoms with Crippen LogP contribution in [0.5, 0.6) is 0 Å². The van der Waals surface area contributed by atoms with Crippen LogP contribution in [0.1, 0.15) is 6.42 Å². The number of nitrogens with zero attached hydrogens (tertiary/aromatic N) is 1. The molecule has 1 atom stereocenters. The van der Waals surface area contributed by atoms with E-state index in [2.05, 4.69) is 5.32 Å². The molecule has 2 N–H and O–H groups in total. The third kappa shape index (κ3) is 5.00. The van der Waals surface area contributed by atoms with Crippen LogP contribution in [0.15, 0.2) is 24.3 Å². The molecule has 114 valence electrons. The standard InChI is InChI=1S/C14H17ClN2O4/c15-10-1-3-11(4-2-10)16-13(18)8-17-5-6-21-9-12(17)7-14(19)20/h1-4,12H,5-9H2,(H,16,18)(H,19,20). The Morgan fingerprint density at radius 2 is 2.10 bits per heavy atom. The van der Waals surface area contributed by atoms with Gasteiger partial charge in [0.15, 0.2) is 0 Å². The molecule has 0 aliphatic carbocycles. The fourth-order valence-electron chi connectivity index (χ4n) is 2.21. The third-order valence-electron chi connectivity index (χ3n) is 3.23. The Morgan fingerprint density at radius 1 is 1.38 bits per heavy atom. The van der Waals surface area contributed by atoms with Crippen molar-refractivity contribution in [2.45, 2.75) is 12.5 Å². The molecule has 7 heteroatoms. The van der Waals surface area contributed by atoms with E-state index in [0.717, 1.165) is 0 Å². The van der Waals surface area contributed by atoms with Gasteiger partial charge in [-0.25, -0.2) is 0 Å². The molecule has 1 unspecified atom stereocenters. The van der Waals surface area contributed by atoms with E-state index in [-0.39, 0.29) is 24.9 Å². The van der Waals surface area contributed by atoms with Gasteiger partial charge in [-0.2, -0.15) is 0 Å². The Balaban J connectivity index is 1.90. The molecule has 1 fully saturated rings. The molecule has 0 radical (unpaired) electrons. The van der Waals surface area contributed by atoms with Crippen LogP contribution in [0.3, 0.4) is 0 Å². The summed E-state index contributed by atoms with van der Waals surface area (Å²) in [5.41, 5.74) is 0.660. The van der Waals surface area contributed by atoms with Crippen LogP contribution in [0.25, 0.3) is 0 Å². The molecule has 0 bridgehead atoms. The quantitative estimate of drug-likeness (QED) is 0.860. The maximum Gasteiger partial charge on any atom is 0.305 e. The number of ether oxygens (including phenoxy) is 1. The first-order chi connectivity index (χ1) is 10.0. The average molecular weight is 313 g/mol. The third-order valence-corrected chi connectivity index (χ3v) is 3.49. The van der Waals surface area contributed by atoms with E-state index in [1.165, 1.54) is 0 Å². The van der Waals surface area contributed by atoms with Gasteiger partial charge in [0.1, 0.15) is 0 Å². The van der Waals surface area contributed by atoms with Crippen molar-refractivity contribution < 1.29 is 19.4 Å². The zero-order valence-corrected chi connectivity index (χ0v) is 12.2. The van der Waals surface area contributed by atoms with E-state index in [9.17, 15) is 9.59 Å². The van der Waals surface area contributed by atoms with Crippen molar-refractivity contribution in [1.29, 1.82) is 0 Å². The zero-order valence-electron chi connectivity index (χ0n) is 11.4. The number of nitrogens with one attached hydrogen (secondary N) is 1. The highest BCUT2D eigenvalue weighted by atomic mass is 35.5. The van der Waals surface area contributed by atoms with Gasteiger partial charge in [-0.15, -0.1) is 0 Å². The minimum Gasteiger partial charge on any atom is -0.481 e. The van der Waals surface area contributed by atoms with Gasteiger partial charge in [-0.1, -0.05) is 11.6 Å². The lowest BCUT2D eigenvalue weighted by atomic mass is 10.1. The van der Waals surface area contributed by atoms with E-state index in [1.54, 1.807) is 24.3 Å². The van der Waals surface area contributed by atoms with Crippen molar-refractivity contribution >= 4 is 29.2 Å². The molecule has 1 amide bonds. The molecular formula is C14H17ClN2O4. The van der Waals surface area contributed by atoms with Gasteiger partial charge >= 0.3 is 5.97 Å². The minimum absolute atomic E-state index is 0.0335. The number of carbonyl (C=O) groups is 2. The monoisotopic (exact) mass is 312 g/mol. The summed E-state index contributed by atoms with van der Waals surface area (Å²) in [6, 6.07) is 6.55. The topological polar surface area (TPSA) is 78.9 Å². The van der Waals surface area contributed by atoms with Gasteiger partial charge in [0, 0.05) is 23.3 Å². The molecule has 1 saturated heterocycles. The van der Waals surface area contributed by atoms with E-state index >= 15 is 0 Å². The van der Waals surface area contributed by atoms with Crippen molar-refractivity contribution in [3.05, 3.63) is 29.3 Å². The average Bonchev–Trinajstić information content (AvgIpc) is 2.43. The van der Waals surface area contributed by atoms with E-state index in [0.29, 0.717) is 30.5 Å². The first-order valence-electron chi connectivity index (χ1n) is 6.63. The number of rotatable bonds is 5. The van der Waals surface area contributed by atoms with E-state index < -0.39 is 5.97 Å². The number of carbonyl (C=O) groups excluding carboxylic acids is 1. The lowest BCUT2D eigenvalue weighted by Gasteiger charge is -2.34. The predicted octanol–water partition coefficient (Wildman–Crippen LogP) is 1.45. The number of carboxylic acids is 1. The van der Waals surface area contributed by atoms with Gasteiger partial charge in [-0.05, 0) is 24.3 Å². The Bertz CT molecular complexity index is 506. The number of hydrogen-bond donors (Lipinski definition) is 2. The van der Waals surface area contributed by atoms with Crippen LogP contribution >= 0.6 is 11.6 Å². The molecule has 0 aromatic heterocycles. The smallest absolute Gasteiger partial charge is 0.305 e. The molecule has 0 saturated carbocycles. The zero-order chi connectivity index (χ0) is 15.2. The van der Waals surface area contributed by atoms with Crippen molar-refractivity contribution in [2.24, 2.45) is 0 Å². The van der Waals surface area contributed by atoms with Crippen LogP contribution in [-0.2, 0) is 14.3 Å². The van der Waals surface area contributed by atoms with Crippen LogP contribution in [0.2, 0.25) is 5.02 Å². The summed E-state index contributed by atoms with van der Waals surface area (Å²) >= 11 is 5.78. The number of aliphatic carboxylic acids is 1. The molecule has 6 nitrogen and oxygen atoms in total. The predicted molar refractivity (Wildman–Crippen MR) is 78.5 cm³/mol. The van der Waals surface area contributed by atoms with Gasteiger partial charge in [0.05, 0.1) is 26.2 Å². The van der Waals surface area contributed by atoms with Gasteiger partial charge < -0.3 is 15.2 Å². The van der Waals surface area contributed by atoms with Crippen molar-refractivity contribution in [2.75, 3.05) is 31.6 Å². The summed E-state index contributed by atoms with van der Waals surface area (Å²) in [6.45, 7) is 1.53. The second-order valence-electron chi connectivity index (χ2n) is 4.85. The number of carboxylic acid groups (broad SMARTS) is 1. The number of benzene rings is 1. The summed E-state index contributed by atoms with van der Waals surface area (Å²) in [6.07, 6.45) is -0.0335. The number of halogens is 1. The Morgan fingerprint density at radius 3 is 2.76 bits per heavy atom. The molecule has 2 rings (SSSR count). The summed E-state index contributed by atoms with van der Waals surface area (Å²) < 4.78 is 5.27. The number of hydrogen-bond acceptors (Lipinski definition) is 4. The van der Waals surface area contributed by atoms with Crippen LogP contribution in [0, 0.1) is 0 Å². The summed E-state index contributed by atoms with van der Waals surface area (Å²) in [5, 5.41) is 12.2. The SMILES string of the molecule is O=C(O)CC1COCCN1CC(=O)Nc1ccc(Cl)cc1. The largest absolute Gasteiger partial charge is 0.481 e. The van der Waals surface area contributed by atoms with Crippen LogP contribution in [0.4, 0.5) is 5.69 Å². The molecular weight excluding hydrogens is 296 g/mol. The highest BCUT2D eigenvalue weighted by Gasteiger charge is 2.26. The number of amides is 1. The van der Waals surface area contributed by atoms with Crippen molar-refractivity contribution in [3.8, 4) is 0 Å². The lowest BCUT2D eigenvalue weighted by molar-refractivity contribution is -0.141. The van der Waals surface area contributed by atoms with Crippen LogP contribution in [-0.4, -0.2) is 54.2 Å². The molecule has 1 aliphatic rings. The fraction of sp³-hybridized carbons (Fsp3) is 0.429. The van der Waals surface area contributed by atoms with E-state index in [4.69, 9.17) is 21.4 Å². The highest BCUT2D eigenvalue weighted by Crippen LogP contribution is 2.14. The Labute approximate surface area is 127 Å². The second kappa shape index (κ2) is 7.40. The van der Waals surface area contributed by atoms with Gasteiger partial charge in [-0.3, -0.25) is 14.5 Å². The second-order valence-corrected chi connectivity index (χ2v) is 5.29. The summed E-state index contributed by atoms with van der Waals surface area (Å²) in [4.78, 5) is 24.7. The maximum absolute atomic E-state index is 12.0. The van der Waals surface area contributed by atoms with Gasteiger partial charge in [0.25, 0.3) is 0 Å². The summed E-state index contributed by atoms with van der Waals surface area (Å²) in [7, 11) is 0. The lowest BCUT2D eigenvalue weighted by Crippen LogP contribution is -2.49.